The number of nitrogens with one attached hydrogen (secondary N) is 1. The molecule has 21 heavy (non-hydrogen) atoms. The molecule has 1 heterocycles. The van der Waals surface area contributed by atoms with Crippen LogP contribution in [0.5, 0.6) is 0 Å². The molecule has 0 bridgehead atoms. The molecule has 0 aromatic carbocycles. The fourth-order valence-electron chi connectivity index (χ4n) is 2.75. The van der Waals surface area contributed by atoms with Gasteiger partial charge in [-0.3, -0.25) is 4.79 Å². The van der Waals surface area contributed by atoms with E-state index in [1.807, 2.05) is 4.90 Å². The second kappa shape index (κ2) is 11.0. The Bertz CT molecular complexity index is 287. The summed E-state index contributed by atoms with van der Waals surface area (Å²) in [5.41, 5.74) is 0. The molecular weight excluding hydrogens is 268 g/mol. The Morgan fingerprint density at radius 3 is 2.67 bits per heavy atom. The third kappa shape index (κ3) is 6.32. The minimum absolute atomic E-state index is 0.0279. The summed E-state index contributed by atoms with van der Waals surface area (Å²) in [6, 6.07) is 0.120. The van der Waals surface area contributed by atoms with Crippen LogP contribution in [-0.4, -0.2) is 61.4 Å². The quantitative estimate of drug-likeness (QED) is 0.566. The van der Waals surface area contributed by atoms with Crippen molar-refractivity contribution in [2.24, 2.45) is 5.92 Å². The Kier molecular flexibility index (Phi) is 9.63. The van der Waals surface area contributed by atoms with Crippen LogP contribution in [0.25, 0.3) is 0 Å². The lowest BCUT2D eigenvalue weighted by Crippen LogP contribution is -2.47. The first kappa shape index (κ1) is 18.4. The van der Waals surface area contributed by atoms with Gasteiger partial charge in [-0.1, -0.05) is 33.1 Å². The lowest BCUT2D eigenvalue weighted by Gasteiger charge is -2.27. The molecule has 0 aromatic heterocycles. The number of aliphatic hydroxyl groups is 1. The molecule has 0 aliphatic carbocycles. The van der Waals surface area contributed by atoms with E-state index >= 15 is 0 Å². The standard InChI is InChI=1S/C16H32N2O3/c1-3-5-6-7-9-18(10-11-19)16(20)14-12-21-13-15(14)17-8-4-2/h14-15,17,19H,3-13H2,1-2H3. The molecule has 2 N–H and O–H groups in total. The van der Waals surface area contributed by atoms with E-state index in [2.05, 4.69) is 19.2 Å². The van der Waals surface area contributed by atoms with E-state index < -0.39 is 0 Å². The van der Waals surface area contributed by atoms with Crippen molar-refractivity contribution < 1.29 is 14.6 Å². The van der Waals surface area contributed by atoms with Gasteiger partial charge in [0.2, 0.25) is 5.91 Å². The summed E-state index contributed by atoms with van der Waals surface area (Å²) in [5.74, 6) is 0.0286. The highest BCUT2D eigenvalue weighted by atomic mass is 16.5. The average molecular weight is 300 g/mol. The normalized spacial score (nSPS) is 21.7. The fourth-order valence-corrected chi connectivity index (χ4v) is 2.75. The van der Waals surface area contributed by atoms with Crippen molar-refractivity contribution >= 4 is 5.91 Å². The Balaban J connectivity index is 2.49. The maximum Gasteiger partial charge on any atom is 0.229 e. The fraction of sp³-hybridized carbons (Fsp3) is 0.938. The average Bonchev–Trinajstić information content (AvgIpc) is 2.96. The lowest BCUT2D eigenvalue weighted by atomic mass is 10.0. The Labute approximate surface area is 129 Å². The molecule has 1 rings (SSSR count). The SMILES string of the molecule is CCCCCCN(CCO)C(=O)C1COCC1NCCC. The highest BCUT2D eigenvalue weighted by Gasteiger charge is 2.35. The summed E-state index contributed by atoms with van der Waals surface area (Å²) < 4.78 is 5.49. The number of rotatable bonds is 11. The topological polar surface area (TPSA) is 61.8 Å². The van der Waals surface area contributed by atoms with Gasteiger partial charge in [0.25, 0.3) is 0 Å². The minimum atomic E-state index is -0.103. The van der Waals surface area contributed by atoms with Gasteiger partial charge in [-0.25, -0.2) is 0 Å². The number of carbonyl (C=O) groups is 1. The maximum atomic E-state index is 12.7. The number of aliphatic hydroxyl groups excluding tert-OH is 1. The van der Waals surface area contributed by atoms with Crippen LogP contribution >= 0.6 is 0 Å². The van der Waals surface area contributed by atoms with Crippen molar-refractivity contribution in [3.8, 4) is 0 Å². The summed E-state index contributed by atoms with van der Waals surface area (Å²) >= 11 is 0. The molecule has 1 aliphatic rings. The summed E-state index contributed by atoms with van der Waals surface area (Å²) in [6.45, 7) is 7.52. The van der Waals surface area contributed by atoms with Gasteiger partial charge in [0, 0.05) is 19.1 Å². The van der Waals surface area contributed by atoms with E-state index in [-0.39, 0.29) is 24.5 Å². The number of hydrogen-bond acceptors (Lipinski definition) is 4. The van der Waals surface area contributed by atoms with Gasteiger partial charge in [0.1, 0.15) is 0 Å². The molecule has 2 unspecified atom stereocenters. The molecule has 1 fully saturated rings. The zero-order valence-corrected chi connectivity index (χ0v) is 13.6. The van der Waals surface area contributed by atoms with Crippen LogP contribution < -0.4 is 5.32 Å². The first-order chi connectivity index (χ1) is 10.2. The molecular formula is C16H32N2O3. The maximum absolute atomic E-state index is 12.7. The molecule has 2 atom stereocenters. The zero-order chi connectivity index (χ0) is 15.5. The molecule has 124 valence electrons. The molecule has 0 saturated carbocycles. The molecule has 1 amide bonds. The van der Waals surface area contributed by atoms with Gasteiger partial charge in [-0.05, 0) is 19.4 Å². The van der Waals surface area contributed by atoms with Gasteiger partial charge in [-0.15, -0.1) is 0 Å². The highest BCUT2D eigenvalue weighted by molar-refractivity contribution is 5.80. The summed E-state index contributed by atoms with van der Waals surface area (Å²) in [7, 11) is 0. The van der Waals surface area contributed by atoms with Crippen LogP contribution in [0.15, 0.2) is 0 Å². The van der Waals surface area contributed by atoms with Crippen molar-refractivity contribution in [1.82, 2.24) is 10.2 Å². The molecule has 5 nitrogen and oxygen atoms in total. The summed E-state index contributed by atoms with van der Waals surface area (Å²) in [5, 5.41) is 12.6. The Hall–Kier alpha value is -0.650. The summed E-state index contributed by atoms with van der Waals surface area (Å²) in [4.78, 5) is 14.5. The van der Waals surface area contributed by atoms with Gasteiger partial charge >= 0.3 is 0 Å². The predicted molar refractivity (Wildman–Crippen MR) is 84.2 cm³/mol. The van der Waals surface area contributed by atoms with Gasteiger partial charge < -0.3 is 20.1 Å². The van der Waals surface area contributed by atoms with Crippen LogP contribution in [0, 0.1) is 5.92 Å². The van der Waals surface area contributed by atoms with Gasteiger partial charge in [0.15, 0.2) is 0 Å². The minimum Gasteiger partial charge on any atom is -0.395 e. The second-order valence-electron chi connectivity index (χ2n) is 5.81. The number of hydrogen-bond donors (Lipinski definition) is 2. The Morgan fingerprint density at radius 1 is 1.19 bits per heavy atom. The lowest BCUT2D eigenvalue weighted by molar-refractivity contribution is -0.136. The number of carbonyl (C=O) groups excluding carboxylic acids is 1. The van der Waals surface area contributed by atoms with Crippen molar-refractivity contribution in [3.05, 3.63) is 0 Å². The van der Waals surface area contributed by atoms with E-state index in [1.54, 1.807) is 0 Å². The first-order valence-corrected chi connectivity index (χ1v) is 8.45. The number of amides is 1. The molecule has 1 aliphatic heterocycles. The van der Waals surface area contributed by atoms with Crippen molar-refractivity contribution in [2.45, 2.75) is 52.0 Å². The molecule has 1 saturated heterocycles. The van der Waals surface area contributed by atoms with E-state index in [9.17, 15) is 9.90 Å². The van der Waals surface area contributed by atoms with Crippen molar-refractivity contribution in [1.29, 1.82) is 0 Å². The van der Waals surface area contributed by atoms with Crippen LogP contribution in [-0.2, 0) is 9.53 Å². The van der Waals surface area contributed by atoms with Crippen LogP contribution in [0.1, 0.15) is 46.0 Å². The smallest absolute Gasteiger partial charge is 0.229 e. The van der Waals surface area contributed by atoms with E-state index in [0.717, 1.165) is 32.4 Å². The largest absolute Gasteiger partial charge is 0.395 e. The summed E-state index contributed by atoms with van der Waals surface area (Å²) in [6.07, 6.45) is 5.60. The predicted octanol–water partition coefficient (Wildman–Crippen LogP) is 1.40. The second-order valence-corrected chi connectivity index (χ2v) is 5.81. The van der Waals surface area contributed by atoms with E-state index in [4.69, 9.17) is 4.74 Å². The monoisotopic (exact) mass is 300 g/mol. The van der Waals surface area contributed by atoms with Crippen LogP contribution in [0.4, 0.5) is 0 Å². The molecule has 0 aromatic rings. The van der Waals surface area contributed by atoms with E-state index in [0.29, 0.717) is 19.8 Å². The number of unbranched alkanes of at least 4 members (excludes halogenated alkanes) is 3. The highest BCUT2D eigenvalue weighted by Crippen LogP contribution is 2.17. The zero-order valence-electron chi connectivity index (χ0n) is 13.6. The number of nitrogens with zero attached hydrogens (tertiary/aromatic N) is 1. The molecule has 0 radical (unpaired) electrons. The van der Waals surface area contributed by atoms with Gasteiger partial charge in [0.05, 0.1) is 25.7 Å². The Morgan fingerprint density at radius 2 is 2.00 bits per heavy atom. The van der Waals surface area contributed by atoms with E-state index in [1.165, 1.54) is 12.8 Å². The van der Waals surface area contributed by atoms with Crippen LogP contribution in [0.2, 0.25) is 0 Å². The van der Waals surface area contributed by atoms with Crippen molar-refractivity contribution in [2.75, 3.05) is 39.5 Å². The molecule has 0 spiro atoms. The van der Waals surface area contributed by atoms with Crippen LogP contribution in [0.3, 0.4) is 0 Å². The first-order valence-electron chi connectivity index (χ1n) is 8.45. The third-order valence-corrected chi connectivity index (χ3v) is 4.02. The van der Waals surface area contributed by atoms with Gasteiger partial charge in [-0.2, -0.15) is 0 Å². The molecule has 5 heteroatoms. The number of ether oxygens (including phenoxy) is 1. The van der Waals surface area contributed by atoms with Crippen molar-refractivity contribution in [3.63, 3.8) is 0 Å². The third-order valence-electron chi connectivity index (χ3n) is 4.02.